The molecule has 2 aromatic heterocycles. The van der Waals surface area contributed by atoms with Gasteiger partial charge in [-0.25, -0.2) is 9.89 Å². The lowest BCUT2D eigenvalue weighted by Crippen LogP contribution is -2.43. The molecule has 4 N–H and O–H groups in total. The van der Waals surface area contributed by atoms with E-state index >= 15 is 0 Å². The molecule has 4 aromatic rings. The predicted molar refractivity (Wildman–Crippen MR) is 111 cm³/mol. The van der Waals surface area contributed by atoms with Crippen molar-refractivity contribution in [2.24, 2.45) is 0 Å². The van der Waals surface area contributed by atoms with Gasteiger partial charge in [0.2, 0.25) is 5.91 Å². The summed E-state index contributed by atoms with van der Waals surface area (Å²) in [7, 11) is 0. The summed E-state index contributed by atoms with van der Waals surface area (Å²) in [6.07, 6.45) is -0.143. The van der Waals surface area contributed by atoms with Crippen LogP contribution in [0.3, 0.4) is 0 Å². The van der Waals surface area contributed by atoms with Crippen molar-refractivity contribution < 1.29 is 9.59 Å². The molecule has 2 aromatic carbocycles. The van der Waals surface area contributed by atoms with Gasteiger partial charge in [0.25, 0.3) is 17.0 Å². The van der Waals surface area contributed by atoms with E-state index in [2.05, 4.69) is 26.0 Å². The van der Waals surface area contributed by atoms with Gasteiger partial charge in [0.05, 0.1) is 16.3 Å². The number of H-pyrrole nitrogens is 2. The van der Waals surface area contributed by atoms with Crippen LogP contribution in [0.4, 0.5) is 0 Å². The summed E-state index contributed by atoms with van der Waals surface area (Å²) in [5, 5.41) is 6.94. The normalized spacial score (nSPS) is 10.8. The Bertz CT molecular complexity index is 1500. The second kappa shape index (κ2) is 8.06. The highest BCUT2D eigenvalue weighted by Gasteiger charge is 2.15. The molecule has 0 atom stereocenters. The Labute approximate surface area is 172 Å². The van der Waals surface area contributed by atoms with E-state index in [4.69, 9.17) is 0 Å². The number of carbonyl (C=O) groups excluding carboxylic acids is 2. The van der Waals surface area contributed by atoms with Gasteiger partial charge in [-0.1, -0.05) is 30.3 Å². The summed E-state index contributed by atoms with van der Waals surface area (Å²) >= 11 is 0. The molecule has 2 heterocycles. The van der Waals surface area contributed by atoms with E-state index in [1.807, 2.05) is 0 Å². The van der Waals surface area contributed by atoms with Crippen LogP contribution in [0.15, 0.2) is 62.9 Å². The van der Waals surface area contributed by atoms with Crippen LogP contribution >= 0.6 is 0 Å². The molecular weight excluding hydrogens is 404 g/mol. The van der Waals surface area contributed by atoms with Crippen LogP contribution in [0.25, 0.3) is 21.7 Å². The molecular formula is C20H16N6O5. The van der Waals surface area contributed by atoms with E-state index in [-0.39, 0.29) is 18.7 Å². The Balaban J connectivity index is 1.46. The monoisotopic (exact) mass is 420 g/mol. The molecule has 0 fully saturated rings. The van der Waals surface area contributed by atoms with Gasteiger partial charge in [-0.05, 0) is 18.2 Å². The van der Waals surface area contributed by atoms with E-state index in [1.54, 1.807) is 48.5 Å². The number of rotatable bonds is 4. The van der Waals surface area contributed by atoms with Crippen molar-refractivity contribution in [2.75, 3.05) is 0 Å². The lowest BCUT2D eigenvalue weighted by atomic mass is 10.1. The molecule has 0 spiro atoms. The molecule has 0 aliphatic carbocycles. The zero-order valence-corrected chi connectivity index (χ0v) is 16.0. The lowest BCUT2D eigenvalue weighted by Gasteiger charge is -2.10. The second-order valence-electron chi connectivity index (χ2n) is 6.63. The van der Waals surface area contributed by atoms with Gasteiger partial charge in [0.15, 0.2) is 5.69 Å². The summed E-state index contributed by atoms with van der Waals surface area (Å²) in [6, 6.07) is 13.0. The van der Waals surface area contributed by atoms with Crippen LogP contribution in [0, 0.1) is 0 Å². The Morgan fingerprint density at radius 1 is 0.871 bits per heavy atom. The summed E-state index contributed by atoms with van der Waals surface area (Å²) in [6.45, 7) is -0.0162. The summed E-state index contributed by atoms with van der Waals surface area (Å²) in [5.74, 6) is -1.28. The van der Waals surface area contributed by atoms with Crippen LogP contribution in [-0.4, -0.2) is 31.6 Å². The molecule has 4 rings (SSSR count). The van der Waals surface area contributed by atoms with Crippen LogP contribution in [0.5, 0.6) is 0 Å². The van der Waals surface area contributed by atoms with Crippen molar-refractivity contribution in [3.05, 3.63) is 85.4 Å². The first-order chi connectivity index (χ1) is 15.0. The number of fused-ring (bicyclic) bond motifs is 2. The Hall–Kier alpha value is -4.54. The van der Waals surface area contributed by atoms with Crippen molar-refractivity contribution in [2.45, 2.75) is 13.0 Å². The maximum absolute atomic E-state index is 12.4. The topological polar surface area (TPSA) is 159 Å². The number of aryl methyl sites for hydroxylation is 1. The Kier molecular flexibility index (Phi) is 5.14. The molecule has 0 aliphatic rings. The SMILES string of the molecule is O=C(CCn1c(=O)[nH]c(=O)c2ccccc21)NNC(=O)c1n[nH]c(=O)c2ccccc12. The summed E-state index contributed by atoms with van der Waals surface area (Å²) in [4.78, 5) is 62.7. The average molecular weight is 420 g/mol. The first-order valence-electron chi connectivity index (χ1n) is 9.24. The van der Waals surface area contributed by atoms with Gasteiger partial charge in [0.1, 0.15) is 0 Å². The molecule has 0 saturated heterocycles. The maximum Gasteiger partial charge on any atom is 0.328 e. The third-order valence-corrected chi connectivity index (χ3v) is 4.69. The zero-order valence-electron chi connectivity index (χ0n) is 16.0. The first-order valence-corrected chi connectivity index (χ1v) is 9.24. The molecule has 11 heteroatoms. The Morgan fingerprint density at radius 2 is 1.55 bits per heavy atom. The lowest BCUT2D eigenvalue weighted by molar-refractivity contribution is -0.122. The molecule has 156 valence electrons. The molecule has 0 aliphatic heterocycles. The fourth-order valence-corrected chi connectivity index (χ4v) is 3.21. The van der Waals surface area contributed by atoms with Crippen LogP contribution in [0.2, 0.25) is 0 Å². The highest BCUT2D eigenvalue weighted by molar-refractivity contribution is 6.05. The van der Waals surface area contributed by atoms with E-state index in [0.29, 0.717) is 21.7 Å². The van der Waals surface area contributed by atoms with Gasteiger partial charge in [-0.3, -0.25) is 39.6 Å². The third-order valence-electron chi connectivity index (χ3n) is 4.69. The number of carbonyl (C=O) groups is 2. The van der Waals surface area contributed by atoms with E-state index < -0.39 is 28.6 Å². The zero-order chi connectivity index (χ0) is 22.0. The van der Waals surface area contributed by atoms with Crippen molar-refractivity contribution in [3.63, 3.8) is 0 Å². The van der Waals surface area contributed by atoms with E-state index in [0.717, 1.165) is 0 Å². The number of benzene rings is 2. The minimum Gasteiger partial charge on any atom is -0.293 e. The van der Waals surface area contributed by atoms with Crippen molar-refractivity contribution in [3.8, 4) is 0 Å². The average Bonchev–Trinajstić information content (AvgIpc) is 2.78. The molecule has 0 unspecified atom stereocenters. The number of nitrogens with zero attached hydrogens (tertiary/aromatic N) is 2. The largest absolute Gasteiger partial charge is 0.328 e. The first kappa shape index (κ1) is 19.8. The van der Waals surface area contributed by atoms with Crippen molar-refractivity contribution >= 4 is 33.5 Å². The maximum atomic E-state index is 12.4. The molecule has 0 bridgehead atoms. The molecule has 31 heavy (non-hydrogen) atoms. The Morgan fingerprint density at radius 3 is 2.32 bits per heavy atom. The highest BCUT2D eigenvalue weighted by Crippen LogP contribution is 2.12. The van der Waals surface area contributed by atoms with Gasteiger partial charge in [-0.15, -0.1) is 0 Å². The molecule has 0 radical (unpaired) electrons. The second-order valence-corrected chi connectivity index (χ2v) is 6.63. The number of nitrogens with one attached hydrogen (secondary N) is 4. The quantitative estimate of drug-likeness (QED) is 0.334. The third kappa shape index (κ3) is 3.83. The fraction of sp³-hybridized carbons (Fsp3) is 0.100. The number of hydrogen-bond donors (Lipinski definition) is 4. The van der Waals surface area contributed by atoms with E-state index in [9.17, 15) is 24.0 Å². The fourth-order valence-electron chi connectivity index (χ4n) is 3.21. The summed E-state index contributed by atoms with van der Waals surface area (Å²) in [5.41, 5.74) is 3.26. The molecule has 0 saturated carbocycles. The van der Waals surface area contributed by atoms with Crippen molar-refractivity contribution in [1.82, 2.24) is 30.6 Å². The number of hydrogen-bond acceptors (Lipinski definition) is 6. The van der Waals surface area contributed by atoms with Gasteiger partial charge in [-0.2, -0.15) is 5.10 Å². The minimum atomic E-state index is -0.715. The standard InChI is InChI=1S/C20H16N6O5/c27-15(9-10-26-14-8-4-3-7-13(14)17(28)21-20(26)31)22-25-19(30)16-11-5-1-2-6-12(11)18(29)24-23-16/h1-8H,9-10H2,(H,22,27)(H,24,29)(H,25,30)(H,21,28,31). The van der Waals surface area contributed by atoms with Gasteiger partial charge < -0.3 is 0 Å². The number of hydrazine groups is 1. The number of amides is 2. The van der Waals surface area contributed by atoms with Gasteiger partial charge >= 0.3 is 5.69 Å². The number of aromatic amines is 2. The highest BCUT2D eigenvalue weighted by atomic mass is 16.2. The van der Waals surface area contributed by atoms with Crippen molar-refractivity contribution in [1.29, 1.82) is 0 Å². The van der Waals surface area contributed by atoms with Crippen LogP contribution in [0.1, 0.15) is 16.9 Å². The van der Waals surface area contributed by atoms with Crippen LogP contribution in [-0.2, 0) is 11.3 Å². The smallest absolute Gasteiger partial charge is 0.293 e. The predicted octanol–water partition coefficient (Wildman–Crippen LogP) is -0.222. The minimum absolute atomic E-state index is 0.0162. The number of para-hydroxylation sites is 1. The van der Waals surface area contributed by atoms with Gasteiger partial charge in [0, 0.05) is 18.4 Å². The molecule has 11 nitrogen and oxygen atoms in total. The molecule has 2 amide bonds. The number of aromatic nitrogens is 4. The van der Waals surface area contributed by atoms with E-state index in [1.165, 1.54) is 4.57 Å². The summed E-state index contributed by atoms with van der Waals surface area (Å²) < 4.78 is 1.27. The van der Waals surface area contributed by atoms with Crippen LogP contribution < -0.4 is 27.7 Å².